The third-order valence-corrected chi connectivity index (χ3v) is 4.27. The molecule has 1 N–H and O–H groups in total. The van der Waals surface area contributed by atoms with Gasteiger partial charge in [0.2, 0.25) is 0 Å². The van der Waals surface area contributed by atoms with Gasteiger partial charge in [-0.3, -0.25) is 0 Å². The first-order valence-corrected chi connectivity index (χ1v) is 7.55. The zero-order chi connectivity index (χ0) is 13.7. The van der Waals surface area contributed by atoms with Crippen LogP contribution in [0.1, 0.15) is 26.2 Å². The molecule has 0 saturated carbocycles. The standard InChI is InChI=1S/C14H27N3O2/c1-3-19-14(18)17-10-4-9-16(2)11-13(17)12-5-7-15-8-6-12/h12-13,15H,3-11H2,1-2H3. The number of carbonyl (C=O) groups excluding carboxylic acids is 1. The highest BCUT2D eigenvalue weighted by atomic mass is 16.6. The van der Waals surface area contributed by atoms with Gasteiger partial charge in [0.05, 0.1) is 12.6 Å². The van der Waals surface area contributed by atoms with Crippen molar-refractivity contribution in [3.63, 3.8) is 0 Å². The second-order valence-electron chi connectivity index (χ2n) is 5.66. The van der Waals surface area contributed by atoms with Crippen LogP contribution in [0.3, 0.4) is 0 Å². The number of likely N-dealkylation sites (N-methyl/N-ethyl adjacent to an activating group) is 1. The highest BCUT2D eigenvalue weighted by molar-refractivity contribution is 5.68. The van der Waals surface area contributed by atoms with Crippen molar-refractivity contribution in [2.24, 2.45) is 5.92 Å². The summed E-state index contributed by atoms with van der Waals surface area (Å²) in [6, 6.07) is 0.314. The van der Waals surface area contributed by atoms with E-state index in [0.29, 0.717) is 18.6 Å². The molecule has 0 aromatic heterocycles. The molecule has 0 aromatic rings. The van der Waals surface area contributed by atoms with Gasteiger partial charge in [-0.05, 0) is 58.8 Å². The van der Waals surface area contributed by atoms with Crippen molar-refractivity contribution >= 4 is 6.09 Å². The van der Waals surface area contributed by atoms with Crippen molar-refractivity contribution in [3.05, 3.63) is 0 Å². The first kappa shape index (κ1) is 14.6. The van der Waals surface area contributed by atoms with Crippen molar-refractivity contribution < 1.29 is 9.53 Å². The van der Waals surface area contributed by atoms with E-state index in [1.165, 1.54) is 0 Å². The van der Waals surface area contributed by atoms with Crippen LogP contribution < -0.4 is 5.32 Å². The topological polar surface area (TPSA) is 44.8 Å². The molecular weight excluding hydrogens is 242 g/mol. The molecule has 0 radical (unpaired) electrons. The zero-order valence-corrected chi connectivity index (χ0v) is 12.2. The Morgan fingerprint density at radius 3 is 2.74 bits per heavy atom. The summed E-state index contributed by atoms with van der Waals surface area (Å²) in [6.07, 6.45) is 3.24. The lowest BCUT2D eigenvalue weighted by Gasteiger charge is -2.38. The molecule has 2 heterocycles. The molecule has 0 spiro atoms. The first-order chi connectivity index (χ1) is 9.22. The van der Waals surface area contributed by atoms with Gasteiger partial charge in [-0.25, -0.2) is 4.79 Å². The molecule has 0 aromatic carbocycles. The van der Waals surface area contributed by atoms with Gasteiger partial charge in [0.15, 0.2) is 0 Å². The van der Waals surface area contributed by atoms with Crippen LogP contribution >= 0.6 is 0 Å². The molecule has 2 rings (SSSR count). The molecule has 19 heavy (non-hydrogen) atoms. The molecule has 0 bridgehead atoms. The summed E-state index contributed by atoms with van der Waals surface area (Å²) >= 11 is 0. The smallest absolute Gasteiger partial charge is 0.410 e. The maximum absolute atomic E-state index is 12.2. The van der Waals surface area contributed by atoms with Crippen LogP contribution in [-0.4, -0.2) is 68.3 Å². The Hall–Kier alpha value is -0.810. The maximum Gasteiger partial charge on any atom is 0.410 e. The molecule has 2 aliphatic rings. The lowest BCUT2D eigenvalue weighted by atomic mass is 9.89. The minimum absolute atomic E-state index is 0.124. The number of piperidine rings is 1. The van der Waals surface area contributed by atoms with E-state index in [1.807, 2.05) is 11.8 Å². The van der Waals surface area contributed by atoms with Gasteiger partial charge < -0.3 is 19.9 Å². The Labute approximate surface area is 116 Å². The normalized spacial score (nSPS) is 27.1. The predicted molar refractivity (Wildman–Crippen MR) is 75.2 cm³/mol. The number of hydrogen-bond donors (Lipinski definition) is 1. The van der Waals surface area contributed by atoms with Gasteiger partial charge in [0.25, 0.3) is 0 Å². The van der Waals surface area contributed by atoms with Crippen LogP contribution in [0.2, 0.25) is 0 Å². The molecule has 1 amide bonds. The third kappa shape index (κ3) is 3.83. The summed E-state index contributed by atoms with van der Waals surface area (Å²) in [5.41, 5.74) is 0. The maximum atomic E-state index is 12.2. The number of carbonyl (C=O) groups is 1. The molecule has 1 unspecified atom stereocenters. The molecule has 5 heteroatoms. The summed E-state index contributed by atoms with van der Waals surface area (Å²) < 4.78 is 5.25. The Kier molecular flexibility index (Phi) is 5.45. The molecule has 0 aliphatic carbocycles. The number of nitrogens with zero attached hydrogens (tertiary/aromatic N) is 2. The zero-order valence-electron chi connectivity index (χ0n) is 12.2. The van der Waals surface area contributed by atoms with E-state index in [4.69, 9.17) is 4.74 Å². The monoisotopic (exact) mass is 269 g/mol. The molecule has 110 valence electrons. The van der Waals surface area contributed by atoms with E-state index in [9.17, 15) is 4.79 Å². The van der Waals surface area contributed by atoms with E-state index < -0.39 is 0 Å². The molecule has 5 nitrogen and oxygen atoms in total. The molecular formula is C14H27N3O2. The van der Waals surface area contributed by atoms with Gasteiger partial charge in [-0.15, -0.1) is 0 Å². The van der Waals surface area contributed by atoms with Crippen LogP contribution in [0.15, 0.2) is 0 Å². The Balaban J connectivity index is 2.08. The van der Waals surface area contributed by atoms with Crippen LogP contribution in [0, 0.1) is 5.92 Å². The van der Waals surface area contributed by atoms with Crippen molar-refractivity contribution in [3.8, 4) is 0 Å². The quantitative estimate of drug-likeness (QED) is 0.817. The fourth-order valence-corrected chi connectivity index (χ4v) is 3.25. The Morgan fingerprint density at radius 1 is 1.32 bits per heavy atom. The van der Waals surface area contributed by atoms with Crippen molar-refractivity contribution in [1.29, 1.82) is 0 Å². The second-order valence-corrected chi connectivity index (χ2v) is 5.66. The average Bonchev–Trinajstić information content (AvgIpc) is 2.62. The van der Waals surface area contributed by atoms with E-state index in [0.717, 1.165) is 52.0 Å². The summed E-state index contributed by atoms with van der Waals surface area (Å²) in [7, 11) is 2.16. The van der Waals surface area contributed by atoms with Gasteiger partial charge in [0.1, 0.15) is 0 Å². The fraction of sp³-hybridized carbons (Fsp3) is 0.929. The second kappa shape index (κ2) is 7.10. The fourth-order valence-electron chi connectivity index (χ4n) is 3.25. The summed E-state index contributed by atoms with van der Waals surface area (Å²) in [5.74, 6) is 0.603. The Bertz CT molecular complexity index is 292. The highest BCUT2D eigenvalue weighted by Gasteiger charge is 2.34. The van der Waals surface area contributed by atoms with E-state index >= 15 is 0 Å². The Morgan fingerprint density at radius 2 is 2.05 bits per heavy atom. The molecule has 2 fully saturated rings. The van der Waals surface area contributed by atoms with E-state index in [1.54, 1.807) is 0 Å². The van der Waals surface area contributed by atoms with Gasteiger partial charge >= 0.3 is 6.09 Å². The summed E-state index contributed by atoms with van der Waals surface area (Å²) in [5, 5.41) is 3.40. The third-order valence-electron chi connectivity index (χ3n) is 4.27. The number of nitrogens with one attached hydrogen (secondary N) is 1. The molecule has 2 saturated heterocycles. The minimum Gasteiger partial charge on any atom is -0.450 e. The number of hydrogen-bond acceptors (Lipinski definition) is 4. The number of ether oxygens (including phenoxy) is 1. The van der Waals surface area contributed by atoms with Gasteiger partial charge in [0, 0.05) is 13.1 Å². The first-order valence-electron chi connectivity index (χ1n) is 7.55. The van der Waals surface area contributed by atoms with Crippen molar-refractivity contribution in [2.45, 2.75) is 32.2 Å². The van der Waals surface area contributed by atoms with E-state index in [-0.39, 0.29) is 6.09 Å². The summed E-state index contributed by atoms with van der Waals surface area (Å²) in [6.45, 7) is 7.35. The van der Waals surface area contributed by atoms with Crippen molar-refractivity contribution in [2.75, 3.05) is 46.4 Å². The average molecular weight is 269 g/mol. The number of rotatable bonds is 2. The predicted octanol–water partition coefficient (Wildman–Crippen LogP) is 1.15. The lowest BCUT2D eigenvalue weighted by molar-refractivity contribution is 0.0683. The SMILES string of the molecule is CCOC(=O)N1CCCN(C)CC1C1CCNCC1. The number of amides is 1. The van der Waals surface area contributed by atoms with Crippen LogP contribution in [0.25, 0.3) is 0 Å². The highest BCUT2D eigenvalue weighted by Crippen LogP contribution is 2.24. The van der Waals surface area contributed by atoms with Gasteiger partial charge in [-0.2, -0.15) is 0 Å². The van der Waals surface area contributed by atoms with E-state index in [2.05, 4.69) is 17.3 Å². The van der Waals surface area contributed by atoms with Crippen molar-refractivity contribution in [1.82, 2.24) is 15.1 Å². The lowest BCUT2D eigenvalue weighted by Crippen LogP contribution is -2.50. The summed E-state index contributed by atoms with van der Waals surface area (Å²) in [4.78, 5) is 16.5. The molecule has 2 aliphatic heterocycles. The van der Waals surface area contributed by atoms with Crippen LogP contribution in [-0.2, 0) is 4.74 Å². The largest absolute Gasteiger partial charge is 0.450 e. The minimum atomic E-state index is -0.124. The van der Waals surface area contributed by atoms with Crippen LogP contribution in [0.4, 0.5) is 4.79 Å². The van der Waals surface area contributed by atoms with Crippen LogP contribution in [0.5, 0.6) is 0 Å². The molecule has 1 atom stereocenters. The van der Waals surface area contributed by atoms with Gasteiger partial charge in [-0.1, -0.05) is 0 Å².